The monoisotopic (exact) mass is 405 g/mol. The van der Waals surface area contributed by atoms with Gasteiger partial charge in [-0.2, -0.15) is 0 Å². The highest BCUT2D eigenvalue weighted by Crippen LogP contribution is 2.25. The minimum Gasteiger partial charge on any atom is -0.489 e. The first-order valence-corrected chi connectivity index (χ1v) is 9.04. The summed E-state index contributed by atoms with van der Waals surface area (Å²) < 4.78 is 18.7. The molecule has 0 aliphatic rings. The Morgan fingerprint density at radius 3 is 2.67 bits per heavy atom. The molecule has 0 aliphatic heterocycles. The molecular weight excluding hydrogens is 389 g/mol. The molecule has 1 aromatic heterocycles. The lowest BCUT2D eigenvalue weighted by atomic mass is 10.1. The van der Waals surface area contributed by atoms with Crippen LogP contribution in [0.5, 0.6) is 5.75 Å². The normalized spacial score (nSPS) is 10.7. The second-order valence-electron chi connectivity index (χ2n) is 6.59. The van der Waals surface area contributed by atoms with Gasteiger partial charge in [0.2, 0.25) is 0 Å². The van der Waals surface area contributed by atoms with E-state index >= 15 is 0 Å². The van der Waals surface area contributed by atoms with Crippen LogP contribution in [0, 0.1) is 15.9 Å². The summed E-state index contributed by atoms with van der Waals surface area (Å²) in [7, 11) is 0. The van der Waals surface area contributed by atoms with E-state index in [-0.39, 0.29) is 18.1 Å². The van der Waals surface area contributed by atoms with E-state index in [1.807, 2.05) is 0 Å². The molecule has 3 aromatic carbocycles. The summed E-state index contributed by atoms with van der Waals surface area (Å²) in [5, 5.41) is 14.3. The van der Waals surface area contributed by atoms with Gasteiger partial charge in [-0.15, -0.1) is 0 Å². The minimum absolute atomic E-state index is 0.0904. The Morgan fingerprint density at radius 1 is 1.10 bits per heavy atom. The number of carbonyl (C=O) groups is 1. The molecule has 150 valence electrons. The Bertz CT molecular complexity index is 1230. The molecule has 1 amide bonds. The first-order chi connectivity index (χ1) is 14.5. The number of hydrogen-bond donors (Lipinski definition) is 2. The molecule has 4 aromatic rings. The number of nitrogens with one attached hydrogen (secondary N) is 2. The van der Waals surface area contributed by atoms with Crippen molar-refractivity contribution in [1.29, 1.82) is 0 Å². The van der Waals surface area contributed by atoms with Crippen LogP contribution in [0.25, 0.3) is 10.9 Å². The van der Waals surface area contributed by atoms with Gasteiger partial charge in [0.1, 0.15) is 18.2 Å². The van der Waals surface area contributed by atoms with E-state index in [2.05, 4.69) is 10.3 Å². The first-order valence-electron chi connectivity index (χ1n) is 9.04. The second kappa shape index (κ2) is 8.04. The highest BCUT2D eigenvalue weighted by Gasteiger charge is 2.16. The van der Waals surface area contributed by atoms with Gasteiger partial charge < -0.3 is 15.0 Å². The van der Waals surface area contributed by atoms with Crippen LogP contribution in [0.4, 0.5) is 15.8 Å². The maximum Gasteiger partial charge on any atom is 0.270 e. The lowest BCUT2D eigenvalue weighted by Gasteiger charge is -2.09. The van der Waals surface area contributed by atoms with Gasteiger partial charge in [0.15, 0.2) is 0 Å². The third-order valence-corrected chi connectivity index (χ3v) is 4.53. The molecule has 0 fully saturated rings. The third kappa shape index (κ3) is 4.12. The first kappa shape index (κ1) is 19.1. The van der Waals surface area contributed by atoms with Crippen molar-refractivity contribution >= 4 is 28.2 Å². The Morgan fingerprint density at radius 2 is 1.90 bits per heavy atom. The van der Waals surface area contributed by atoms with Gasteiger partial charge in [-0.25, -0.2) is 4.39 Å². The van der Waals surface area contributed by atoms with Crippen LogP contribution in [0.3, 0.4) is 0 Å². The van der Waals surface area contributed by atoms with Crippen molar-refractivity contribution in [2.75, 3.05) is 5.32 Å². The molecule has 0 radical (unpaired) electrons. The van der Waals surface area contributed by atoms with Gasteiger partial charge in [-0.1, -0.05) is 18.2 Å². The van der Waals surface area contributed by atoms with Crippen LogP contribution in [0.2, 0.25) is 0 Å². The summed E-state index contributed by atoms with van der Waals surface area (Å²) in [6.07, 6.45) is 1.51. The Kier molecular flexibility index (Phi) is 5.13. The lowest BCUT2D eigenvalue weighted by Crippen LogP contribution is -2.11. The largest absolute Gasteiger partial charge is 0.489 e. The number of benzene rings is 3. The summed E-state index contributed by atoms with van der Waals surface area (Å²) in [6, 6.07) is 17.2. The summed E-state index contributed by atoms with van der Waals surface area (Å²) in [5.41, 5.74) is 2.16. The van der Waals surface area contributed by atoms with E-state index in [0.29, 0.717) is 27.9 Å². The molecule has 0 spiro atoms. The number of H-pyrrole nitrogens is 1. The van der Waals surface area contributed by atoms with Gasteiger partial charge in [-0.3, -0.25) is 14.9 Å². The van der Waals surface area contributed by atoms with E-state index < -0.39 is 10.8 Å². The van der Waals surface area contributed by atoms with Crippen molar-refractivity contribution in [2.24, 2.45) is 0 Å². The van der Waals surface area contributed by atoms with E-state index in [1.54, 1.807) is 42.5 Å². The van der Waals surface area contributed by atoms with Crippen molar-refractivity contribution in [3.05, 3.63) is 100.0 Å². The number of carbonyl (C=O) groups excluding carboxylic acids is 1. The van der Waals surface area contributed by atoms with Crippen molar-refractivity contribution < 1.29 is 18.8 Å². The average molecular weight is 405 g/mol. The summed E-state index contributed by atoms with van der Waals surface area (Å²) in [4.78, 5) is 26.2. The minimum atomic E-state index is -0.504. The average Bonchev–Trinajstić information content (AvgIpc) is 3.17. The summed E-state index contributed by atoms with van der Waals surface area (Å²) >= 11 is 0. The number of amides is 1. The van der Waals surface area contributed by atoms with Crippen molar-refractivity contribution in [2.45, 2.75) is 6.61 Å². The zero-order valence-electron chi connectivity index (χ0n) is 15.6. The fraction of sp³-hybridized carbons (Fsp3) is 0.0455. The number of halogens is 1. The lowest BCUT2D eigenvalue weighted by molar-refractivity contribution is -0.384. The SMILES string of the molecule is O=C(Nc1cccc(OCc2ccc(F)cc2)c1)c1c[nH]c2ccc([N+](=O)[O-])cc12. The van der Waals surface area contributed by atoms with E-state index in [0.717, 1.165) is 5.56 Å². The number of nitrogens with zero attached hydrogens (tertiary/aromatic N) is 1. The van der Waals surface area contributed by atoms with Crippen molar-refractivity contribution in [1.82, 2.24) is 4.98 Å². The number of hydrogen-bond acceptors (Lipinski definition) is 4. The van der Waals surface area contributed by atoms with Gasteiger partial charge in [0.05, 0.1) is 10.5 Å². The highest BCUT2D eigenvalue weighted by molar-refractivity contribution is 6.13. The second-order valence-corrected chi connectivity index (χ2v) is 6.59. The number of rotatable bonds is 6. The highest BCUT2D eigenvalue weighted by atomic mass is 19.1. The van der Waals surface area contributed by atoms with E-state index in [9.17, 15) is 19.3 Å². The van der Waals surface area contributed by atoms with Crippen LogP contribution in [-0.2, 0) is 6.61 Å². The molecule has 0 unspecified atom stereocenters. The molecule has 1 heterocycles. The molecule has 2 N–H and O–H groups in total. The van der Waals surface area contributed by atoms with Gasteiger partial charge in [-0.05, 0) is 35.9 Å². The number of aromatic nitrogens is 1. The maximum atomic E-state index is 13.0. The van der Waals surface area contributed by atoms with E-state index in [4.69, 9.17) is 4.74 Å². The number of ether oxygens (including phenoxy) is 1. The molecule has 8 heteroatoms. The fourth-order valence-electron chi connectivity index (χ4n) is 3.02. The summed E-state index contributed by atoms with van der Waals surface area (Å²) in [6.45, 7) is 0.254. The smallest absolute Gasteiger partial charge is 0.270 e. The van der Waals surface area contributed by atoms with Crippen LogP contribution in [0.1, 0.15) is 15.9 Å². The number of nitro groups is 1. The van der Waals surface area contributed by atoms with E-state index in [1.165, 1.54) is 30.5 Å². The molecular formula is C22H16FN3O4. The molecule has 0 aliphatic carbocycles. The van der Waals surface area contributed by atoms with Crippen LogP contribution >= 0.6 is 0 Å². The third-order valence-electron chi connectivity index (χ3n) is 4.53. The zero-order chi connectivity index (χ0) is 21.1. The molecule has 7 nitrogen and oxygen atoms in total. The fourth-order valence-corrected chi connectivity index (χ4v) is 3.02. The predicted molar refractivity (Wildman–Crippen MR) is 110 cm³/mol. The Balaban J connectivity index is 1.49. The molecule has 0 bridgehead atoms. The van der Waals surface area contributed by atoms with Gasteiger partial charge >= 0.3 is 0 Å². The maximum absolute atomic E-state index is 13.0. The quantitative estimate of drug-likeness (QED) is 0.347. The molecule has 4 rings (SSSR count). The Hall–Kier alpha value is -4.20. The number of anilines is 1. The van der Waals surface area contributed by atoms with Gasteiger partial charge in [0.25, 0.3) is 11.6 Å². The Labute approximate surface area is 170 Å². The van der Waals surface area contributed by atoms with Crippen LogP contribution in [-0.4, -0.2) is 15.8 Å². The summed E-state index contributed by atoms with van der Waals surface area (Å²) in [5.74, 6) is -0.185. The van der Waals surface area contributed by atoms with Crippen LogP contribution < -0.4 is 10.1 Å². The predicted octanol–water partition coefficient (Wildman–Crippen LogP) is 5.05. The molecule has 0 saturated carbocycles. The zero-order valence-corrected chi connectivity index (χ0v) is 15.6. The number of aromatic amines is 1. The standard InChI is InChI=1S/C22H16FN3O4/c23-15-6-4-14(5-7-15)13-30-18-3-1-2-16(10-18)25-22(27)20-12-24-21-9-8-17(26(28)29)11-19(20)21/h1-12,24H,13H2,(H,25,27). The number of non-ortho nitro benzene ring substituents is 1. The molecule has 0 atom stereocenters. The van der Waals surface area contributed by atoms with Crippen molar-refractivity contribution in [3.63, 3.8) is 0 Å². The number of nitro benzene ring substituents is 1. The molecule has 30 heavy (non-hydrogen) atoms. The number of fused-ring (bicyclic) bond motifs is 1. The topological polar surface area (TPSA) is 97.3 Å². The van der Waals surface area contributed by atoms with Crippen LogP contribution in [0.15, 0.2) is 72.9 Å². The molecule has 0 saturated heterocycles. The van der Waals surface area contributed by atoms with Gasteiger partial charge in [0, 0.05) is 41.0 Å². The van der Waals surface area contributed by atoms with Crippen molar-refractivity contribution in [3.8, 4) is 5.75 Å².